The third kappa shape index (κ3) is 4.22. The SMILES string of the molecule is COc1ccc(C(=O)C[C@@]2(O)C(=O)N(CCOc3ccccc3C)c3ccccc32)cc1OC. The summed E-state index contributed by atoms with van der Waals surface area (Å²) in [4.78, 5) is 28.0. The van der Waals surface area contributed by atoms with E-state index in [9.17, 15) is 14.7 Å². The summed E-state index contributed by atoms with van der Waals surface area (Å²) in [5.74, 6) is 0.690. The van der Waals surface area contributed by atoms with Crippen molar-refractivity contribution >= 4 is 17.4 Å². The average molecular weight is 462 g/mol. The number of rotatable bonds is 9. The molecule has 1 heterocycles. The van der Waals surface area contributed by atoms with Gasteiger partial charge in [-0.25, -0.2) is 0 Å². The molecule has 1 aliphatic heterocycles. The molecule has 0 bridgehead atoms. The van der Waals surface area contributed by atoms with E-state index in [1.807, 2.05) is 31.2 Å². The molecule has 7 heteroatoms. The lowest BCUT2D eigenvalue weighted by molar-refractivity contribution is -0.135. The number of nitrogens with zero attached hydrogens (tertiary/aromatic N) is 1. The number of hydrogen-bond acceptors (Lipinski definition) is 6. The van der Waals surface area contributed by atoms with Crippen molar-refractivity contribution in [3.63, 3.8) is 0 Å². The normalized spacial score (nSPS) is 16.8. The van der Waals surface area contributed by atoms with Crippen LogP contribution < -0.4 is 19.1 Å². The fraction of sp³-hybridized carbons (Fsp3) is 0.259. The van der Waals surface area contributed by atoms with E-state index in [0.29, 0.717) is 28.3 Å². The van der Waals surface area contributed by atoms with Crippen LogP contribution in [0, 0.1) is 6.92 Å². The molecule has 1 amide bonds. The van der Waals surface area contributed by atoms with Crippen LogP contribution in [-0.2, 0) is 10.4 Å². The van der Waals surface area contributed by atoms with Crippen LogP contribution in [0.2, 0.25) is 0 Å². The van der Waals surface area contributed by atoms with Crippen molar-refractivity contribution in [2.24, 2.45) is 0 Å². The highest BCUT2D eigenvalue weighted by Crippen LogP contribution is 2.43. The van der Waals surface area contributed by atoms with E-state index in [0.717, 1.165) is 11.3 Å². The first-order valence-corrected chi connectivity index (χ1v) is 11.0. The summed E-state index contributed by atoms with van der Waals surface area (Å²) in [7, 11) is 2.99. The topological polar surface area (TPSA) is 85.3 Å². The molecule has 0 spiro atoms. The minimum Gasteiger partial charge on any atom is -0.493 e. The molecule has 3 aromatic carbocycles. The molecule has 1 atom stereocenters. The number of ether oxygens (including phenoxy) is 3. The average Bonchev–Trinajstić information content (AvgIpc) is 3.06. The summed E-state index contributed by atoms with van der Waals surface area (Å²) >= 11 is 0. The van der Waals surface area contributed by atoms with Crippen LogP contribution in [0.5, 0.6) is 17.2 Å². The summed E-state index contributed by atoms with van der Waals surface area (Å²) in [6.07, 6.45) is -0.395. The number of anilines is 1. The Hall–Kier alpha value is -3.84. The quantitative estimate of drug-likeness (QED) is 0.487. The number of para-hydroxylation sites is 2. The van der Waals surface area contributed by atoms with Gasteiger partial charge in [0.25, 0.3) is 5.91 Å². The molecule has 0 radical (unpaired) electrons. The molecular weight excluding hydrogens is 434 g/mol. The number of Topliss-reactive ketones (excluding diaryl/α,β-unsaturated/α-hetero) is 1. The first-order chi connectivity index (χ1) is 16.4. The van der Waals surface area contributed by atoms with Gasteiger partial charge < -0.3 is 24.2 Å². The summed E-state index contributed by atoms with van der Waals surface area (Å²) < 4.78 is 16.4. The number of hydrogen-bond donors (Lipinski definition) is 1. The van der Waals surface area contributed by atoms with Gasteiger partial charge >= 0.3 is 0 Å². The minimum absolute atomic E-state index is 0.233. The number of ketones is 1. The Morgan fingerprint density at radius 2 is 1.65 bits per heavy atom. The van der Waals surface area contributed by atoms with Crippen LogP contribution in [0.4, 0.5) is 5.69 Å². The number of amides is 1. The molecule has 0 saturated carbocycles. The fourth-order valence-electron chi connectivity index (χ4n) is 4.21. The second kappa shape index (κ2) is 9.57. The molecular formula is C27H27NO6. The number of aliphatic hydroxyl groups is 1. The molecule has 0 aromatic heterocycles. The smallest absolute Gasteiger partial charge is 0.264 e. The van der Waals surface area contributed by atoms with Crippen molar-refractivity contribution in [3.05, 3.63) is 83.4 Å². The summed E-state index contributed by atoms with van der Waals surface area (Å²) in [5, 5.41) is 11.5. The van der Waals surface area contributed by atoms with E-state index in [1.165, 1.54) is 19.1 Å². The molecule has 176 valence electrons. The minimum atomic E-state index is -1.97. The lowest BCUT2D eigenvalue weighted by Crippen LogP contribution is -2.43. The van der Waals surface area contributed by atoms with Crippen molar-refractivity contribution in [2.45, 2.75) is 18.9 Å². The predicted octanol–water partition coefficient (Wildman–Crippen LogP) is 3.90. The third-order valence-electron chi connectivity index (χ3n) is 6.03. The Morgan fingerprint density at radius 3 is 2.38 bits per heavy atom. The van der Waals surface area contributed by atoms with E-state index in [4.69, 9.17) is 14.2 Å². The molecule has 0 aliphatic carbocycles. The van der Waals surface area contributed by atoms with Crippen molar-refractivity contribution in [1.82, 2.24) is 0 Å². The zero-order valence-electron chi connectivity index (χ0n) is 19.4. The zero-order chi connectivity index (χ0) is 24.3. The van der Waals surface area contributed by atoms with Gasteiger partial charge in [0.1, 0.15) is 12.4 Å². The summed E-state index contributed by atoms with van der Waals surface area (Å²) in [6, 6.07) is 19.4. The molecule has 1 N–H and O–H groups in total. The Labute approximate surface area is 198 Å². The van der Waals surface area contributed by atoms with Gasteiger partial charge in [0, 0.05) is 11.1 Å². The first-order valence-electron chi connectivity index (χ1n) is 11.0. The maximum Gasteiger partial charge on any atom is 0.264 e. The van der Waals surface area contributed by atoms with Crippen molar-refractivity contribution in [3.8, 4) is 17.2 Å². The highest BCUT2D eigenvalue weighted by molar-refractivity contribution is 6.10. The number of methoxy groups -OCH3 is 2. The predicted molar refractivity (Wildman–Crippen MR) is 128 cm³/mol. The second-order valence-corrected chi connectivity index (χ2v) is 8.12. The standard InChI is InChI=1S/C27H27NO6/c1-18-8-4-7-11-23(18)34-15-14-28-21-10-6-5-9-20(21)27(31,26(28)30)17-22(29)19-12-13-24(32-2)25(16-19)33-3/h4-13,16,31H,14-15,17H2,1-3H3/t27-/m0/s1. The van der Waals surface area contributed by atoms with Gasteiger partial charge in [0.15, 0.2) is 22.9 Å². The highest BCUT2D eigenvalue weighted by Gasteiger charge is 2.50. The highest BCUT2D eigenvalue weighted by atomic mass is 16.5. The molecule has 7 nitrogen and oxygen atoms in total. The van der Waals surface area contributed by atoms with E-state index < -0.39 is 17.9 Å². The van der Waals surface area contributed by atoms with Crippen LogP contribution in [0.15, 0.2) is 66.7 Å². The Morgan fingerprint density at radius 1 is 0.941 bits per heavy atom. The number of aryl methyl sites for hydroxylation is 1. The van der Waals surface area contributed by atoms with E-state index >= 15 is 0 Å². The maximum atomic E-state index is 13.4. The number of fused-ring (bicyclic) bond motifs is 1. The van der Waals surface area contributed by atoms with Crippen LogP contribution in [0.1, 0.15) is 27.9 Å². The second-order valence-electron chi connectivity index (χ2n) is 8.12. The van der Waals surface area contributed by atoms with Gasteiger partial charge in [-0.1, -0.05) is 36.4 Å². The molecule has 3 aromatic rings. The van der Waals surface area contributed by atoms with E-state index in [2.05, 4.69) is 0 Å². The Bertz CT molecular complexity index is 1220. The first kappa shape index (κ1) is 23.3. The van der Waals surface area contributed by atoms with E-state index in [1.54, 1.807) is 42.5 Å². The number of benzene rings is 3. The van der Waals surface area contributed by atoms with E-state index in [-0.39, 0.29) is 18.9 Å². The number of carbonyl (C=O) groups is 2. The van der Waals surface area contributed by atoms with Crippen LogP contribution in [-0.4, -0.2) is 44.2 Å². The van der Waals surface area contributed by atoms with Crippen LogP contribution in [0.3, 0.4) is 0 Å². The van der Waals surface area contributed by atoms with Crippen molar-refractivity contribution in [1.29, 1.82) is 0 Å². The summed E-state index contributed by atoms with van der Waals surface area (Å²) in [6.45, 7) is 2.42. The van der Waals surface area contributed by atoms with Gasteiger partial charge in [0.05, 0.1) is 32.9 Å². The lowest BCUT2D eigenvalue weighted by Gasteiger charge is -2.23. The number of carbonyl (C=O) groups excluding carboxylic acids is 2. The Kier molecular flexibility index (Phi) is 6.56. The van der Waals surface area contributed by atoms with Crippen molar-refractivity contribution < 1.29 is 28.9 Å². The maximum absolute atomic E-state index is 13.4. The monoisotopic (exact) mass is 461 g/mol. The Balaban J connectivity index is 1.55. The van der Waals surface area contributed by atoms with Crippen LogP contribution >= 0.6 is 0 Å². The lowest BCUT2D eigenvalue weighted by atomic mass is 9.88. The fourth-order valence-corrected chi connectivity index (χ4v) is 4.21. The van der Waals surface area contributed by atoms with Gasteiger partial charge in [-0.3, -0.25) is 9.59 Å². The summed E-state index contributed by atoms with van der Waals surface area (Å²) in [5.41, 5.74) is 0.322. The van der Waals surface area contributed by atoms with Gasteiger partial charge in [-0.05, 0) is 42.8 Å². The molecule has 4 rings (SSSR count). The van der Waals surface area contributed by atoms with Gasteiger partial charge in [0.2, 0.25) is 0 Å². The zero-order valence-corrected chi connectivity index (χ0v) is 19.4. The third-order valence-corrected chi connectivity index (χ3v) is 6.03. The van der Waals surface area contributed by atoms with Gasteiger partial charge in [-0.2, -0.15) is 0 Å². The molecule has 0 unspecified atom stereocenters. The largest absolute Gasteiger partial charge is 0.493 e. The van der Waals surface area contributed by atoms with Crippen LogP contribution in [0.25, 0.3) is 0 Å². The molecule has 1 aliphatic rings. The molecule has 34 heavy (non-hydrogen) atoms. The van der Waals surface area contributed by atoms with Gasteiger partial charge in [-0.15, -0.1) is 0 Å². The molecule has 0 fully saturated rings. The molecule has 0 saturated heterocycles. The van der Waals surface area contributed by atoms with Crippen molar-refractivity contribution in [2.75, 3.05) is 32.3 Å².